The summed E-state index contributed by atoms with van der Waals surface area (Å²) >= 11 is 1.19. The van der Waals surface area contributed by atoms with Gasteiger partial charge in [0, 0.05) is 5.38 Å². The fourth-order valence-electron chi connectivity index (χ4n) is 1.23. The van der Waals surface area contributed by atoms with Crippen molar-refractivity contribution in [2.45, 2.75) is 6.42 Å². The fraction of sp³-hybridized carbons (Fsp3) is 0.100. The summed E-state index contributed by atoms with van der Waals surface area (Å²) in [6.07, 6.45) is 0.283. The summed E-state index contributed by atoms with van der Waals surface area (Å²) in [5, 5.41) is 19.3. The van der Waals surface area contributed by atoms with E-state index in [-0.39, 0.29) is 17.9 Å². The SMILES string of the molecule is O=C(O)c1csc(Cc2ccc(C(=O)O)o2)n1. The average Bonchev–Trinajstić information content (AvgIpc) is 2.87. The molecule has 0 aliphatic heterocycles. The molecule has 7 heteroatoms. The van der Waals surface area contributed by atoms with E-state index in [9.17, 15) is 9.59 Å². The lowest BCUT2D eigenvalue weighted by molar-refractivity contribution is 0.0658. The molecular formula is C10H7NO5S. The molecule has 2 heterocycles. The van der Waals surface area contributed by atoms with Crippen molar-refractivity contribution in [1.82, 2.24) is 4.98 Å². The number of thiazole rings is 1. The minimum Gasteiger partial charge on any atom is -0.476 e. The monoisotopic (exact) mass is 253 g/mol. The van der Waals surface area contributed by atoms with Gasteiger partial charge in [0.1, 0.15) is 10.8 Å². The third-order valence-electron chi connectivity index (χ3n) is 1.97. The zero-order chi connectivity index (χ0) is 12.4. The van der Waals surface area contributed by atoms with Gasteiger partial charge in [-0.1, -0.05) is 0 Å². The summed E-state index contributed by atoms with van der Waals surface area (Å²) in [7, 11) is 0. The second-order valence-corrected chi connectivity index (χ2v) is 4.12. The van der Waals surface area contributed by atoms with Gasteiger partial charge in [-0.05, 0) is 12.1 Å². The molecule has 0 unspecified atom stereocenters. The van der Waals surface area contributed by atoms with Crippen molar-refractivity contribution in [1.29, 1.82) is 0 Å². The maximum Gasteiger partial charge on any atom is 0.371 e. The Kier molecular flexibility index (Phi) is 2.92. The van der Waals surface area contributed by atoms with E-state index in [0.29, 0.717) is 10.8 Å². The third-order valence-corrected chi connectivity index (χ3v) is 2.82. The van der Waals surface area contributed by atoms with E-state index in [1.807, 2.05) is 0 Å². The predicted octanol–water partition coefficient (Wildman–Crippen LogP) is 1.72. The highest BCUT2D eigenvalue weighted by Crippen LogP contribution is 2.17. The molecule has 2 N–H and O–H groups in total. The highest BCUT2D eigenvalue weighted by atomic mass is 32.1. The molecule has 0 bridgehead atoms. The zero-order valence-corrected chi connectivity index (χ0v) is 9.23. The van der Waals surface area contributed by atoms with Gasteiger partial charge in [0.15, 0.2) is 5.69 Å². The summed E-state index contributed by atoms with van der Waals surface area (Å²) in [6.45, 7) is 0. The van der Waals surface area contributed by atoms with Crippen LogP contribution in [0, 0.1) is 0 Å². The van der Waals surface area contributed by atoms with E-state index in [1.54, 1.807) is 0 Å². The molecule has 2 aromatic rings. The Morgan fingerprint density at radius 1 is 1.29 bits per heavy atom. The largest absolute Gasteiger partial charge is 0.476 e. The van der Waals surface area contributed by atoms with E-state index in [4.69, 9.17) is 14.6 Å². The molecule has 6 nitrogen and oxygen atoms in total. The molecule has 0 aliphatic carbocycles. The topological polar surface area (TPSA) is 101 Å². The minimum absolute atomic E-state index is 0.0185. The summed E-state index contributed by atoms with van der Waals surface area (Å²) in [4.78, 5) is 25.0. The lowest BCUT2D eigenvalue weighted by atomic mass is 10.3. The molecule has 0 fully saturated rings. The first-order valence-electron chi connectivity index (χ1n) is 4.56. The van der Waals surface area contributed by atoms with Gasteiger partial charge in [0.25, 0.3) is 0 Å². The number of carboxylic acids is 2. The van der Waals surface area contributed by atoms with Gasteiger partial charge in [0.2, 0.25) is 5.76 Å². The van der Waals surface area contributed by atoms with Crippen LogP contribution in [0.15, 0.2) is 21.9 Å². The molecule has 17 heavy (non-hydrogen) atoms. The third kappa shape index (κ3) is 2.51. The summed E-state index contributed by atoms with van der Waals surface area (Å²) in [6, 6.07) is 2.88. The number of furan rings is 1. The second-order valence-electron chi connectivity index (χ2n) is 3.18. The molecule has 2 rings (SSSR count). The Morgan fingerprint density at radius 3 is 2.59 bits per heavy atom. The van der Waals surface area contributed by atoms with Gasteiger partial charge in [-0.25, -0.2) is 14.6 Å². The molecule has 0 radical (unpaired) electrons. The van der Waals surface area contributed by atoms with Crippen molar-refractivity contribution < 1.29 is 24.2 Å². The summed E-state index contributed by atoms with van der Waals surface area (Å²) in [5.74, 6) is -1.93. The maximum absolute atomic E-state index is 10.6. The molecule has 0 aliphatic rings. The van der Waals surface area contributed by atoms with Crippen molar-refractivity contribution in [3.63, 3.8) is 0 Å². The number of aromatic carboxylic acids is 2. The number of carboxylic acid groups (broad SMARTS) is 2. The van der Waals surface area contributed by atoms with Crippen molar-refractivity contribution in [3.8, 4) is 0 Å². The minimum atomic E-state index is -1.14. The molecule has 0 saturated carbocycles. The van der Waals surface area contributed by atoms with Crippen LogP contribution in [0.3, 0.4) is 0 Å². The van der Waals surface area contributed by atoms with Crippen LogP contribution in [0.5, 0.6) is 0 Å². The van der Waals surface area contributed by atoms with E-state index in [1.165, 1.54) is 28.8 Å². The molecule has 0 saturated heterocycles. The van der Waals surface area contributed by atoms with E-state index < -0.39 is 11.9 Å². The molecule has 0 atom stereocenters. The van der Waals surface area contributed by atoms with Crippen LogP contribution in [0.2, 0.25) is 0 Å². The summed E-state index contributed by atoms with van der Waals surface area (Å²) in [5.41, 5.74) is -0.0185. The number of hydrogen-bond acceptors (Lipinski definition) is 5. The van der Waals surface area contributed by atoms with Gasteiger partial charge in [-0.2, -0.15) is 0 Å². The standard InChI is InChI=1S/C10H7NO5S/c12-9(13)6-4-17-8(11-6)3-5-1-2-7(16-5)10(14)15/h1-2,4H,3H2,(H,12,13)(H,14,15). The van der Waals surface area contributed by atoms with Crippen LogP contribution in [0.25, 0.3) is 0 Å². The van der Waals surface area contributed by atoms with Crippen molar-refractivity contribution in [2.24, 2.45) is 0 Å². The van der Waals surface area contributed by atoms with Crippen LogP contribution >= 0.6 is 11.3 Å². The van der Waals surface area contributed by atoms with Crippen molar-refractivity contribution >= 4 is 23.3 Å². The maximum atomic E-state index is 10.6. The van der Waals surface area contributed by atoms with Crippen LogP contribution in [-0.2, 0) is 6.42 Å². The first kappa shape index (κ1) is 11.3. The normalized spacial score (nSPS) is 10.4. The quantitative estimate of drug-likeness (QED) is 0.860. The van der Waals surface area contributed by atoms with Gasteiger partial charge in [-0.3, -0.25) is 0 Å². The van der Waals surface area contributed by atoms with Crippen molar-refractivity contribution in [2.75, 3.05) is 0 Å². The molecular weight excluding hydrogens is 246 g/mol. The van der Waals surface area contributed by atoms with Crippen LogP contribution in [-0.4, -0.2) is 27.1 Å². The Bertz CT molecular complexity index is 521. The number of rotatable bonds is 4. The van der Waals surface area contributed by atoms with Crippen LogP contribution in [0.1, 0.15) is 31.8 Å². The lowest BCUT2D eigenvalue weighted by Crippen LogP contribution is -1.96. The molecule has 0 amide bonds. The first-order valence-corrected chi connectivity index (χ1v) is 5.44. The van der Waals surface area contributed by atoms with E-state index in [2.05, 4.69) is 4.98 Å². The number of hydrogen-bond donors (Lipinski definition) is 2. The zero-order valence-electron chi connectivity index (χ0n) is 8.41. The number of carbonyl (C=O) groups is 2. The highest BCUT2D eigenvalue weighted by Gasteiger charge is 2.12. The van der Waals surface area contributed by atoms with Gasteiger partial charge in [-0.15, -0.1) is 11.3 Å². The van der Waals surface area contributed by atoms with Crippen LogP contribution in [0.4, 0.5) is 0 Å². The predicted molar refractivity (Wildman–Crippen MR) is 57.5 cm³/mol. The molecule has 88 valence electrons. The Labute approximate surface area is 99.1 Å². The first-order chi connectivity index (χ1) is 8.06. The molecule has 2 aromatic heterocycles. The van der Waals surface area contributed by atoms with E-state index in [0.717, 1.165) is 0 Å². The average molecular weight is 253 g/mol. The Balaban J connectivity index is 2.13. The van der Waals surface area contributed by atoms with Gasteiger partial charge >= 0.3 is 11.9 Å². The highest BCUT2D eigenvalue weighted by molar-refractivity contribution is 7.09. The Morgan fingerprint density at radius 2 is 2.06 bits per heavy atom. The Hall–Kier alpha value is -2.15. The van der Waals surface area contributed by atoms with Crippen LogP contribution < -0.4 is 0 Å². The lowest BCUT2D eigenvalue weighted by Gasteiger charge is -1.91. The van der Waals surface area contributed by atoms with Gasteiger partial charge in [0.05, 0.1) is 6.42 Å². The number of nitrogens with zero attached hydrogens (tertiary/aromatic N) is 1. The number of aromatic nitrogens is 1. The smallest absolute Gasteiger partial charge is 0.371 e. The summed E-state index contributed by atoms with van der Waals surface area (Å²) < 4.78 is 5.04. The van der Waals surface area contributed by atoms with E-state index >= 15 is 0 Å². The second kappa shape index (κ2) is 4.38. The molecule has 0 aromatic carbocycles. The fourth-order valence-corrected chi connectivity index (χ4v) is 2.01. The van der Waals surface area contributed by atoms with Crippen molar-refractivity contribution in [3.05, 3.63) is 39.7 Å². The molecule has 0 spiro atoms. The van der Waals surface area contributed by atoms with Gasteiger partial charge < -0.3 is 14.6 Å².